The monoisotopic (exact) mass is 248 g/mol. The molecule has 2 rings (SSSR count). The fraction of sp³-hybridized carbons (Fsp3) is 0.538. The molecule has 1 aliphatic rings. The Morgan fingerprint density at radius 3 is 3.06 bits per heavy atom. The molecule has 1 amide bonds. The Labute approximate surface area is 105 Å². The van der Waals surface area contributed by atoms with Gasteiger partial charge in [0.1, 0.15) is 0 Å². The summed E-state index contributed by atoms with van der Waals surface area (Å²) in [5, 5.41) is 11.3. The Morgan fingerprint density at radius 1 is 1.47 bits per heavy atom. The van der Waals surface area contributed by atoms with Gasteiger partial charge in [-0.05, 0) is 43.7 Å². The number of nitrogens with one attached hydrogen (secondary N) is 1. The van der Waals surface area contributed by atoms with Crippen molar-refractivity contribution in [3.63, 3.8) is 0 Å². The second kappa shape index (κ2) is 5.83. The van der Waals surface area contributed by atoms with E-state index in [4.69, 9.17) is 5.26 Å². The second-order valence-corrected chi connectivity index (χ2v) is 5.42. The molecule has 0 saturated carbocycles. The zero-order chi connectivity index (χ0) is 12.1. The van der Waals surface area contributed by atoms with E-state index in [0.717, 1.165) is 24.1 Å². The molecule has 0 fully saturated rings. The van der Waals surface area contributed by atoms with Gasteiger partial charge in [-0.25, -0.2) is 0 Å². The van der Waals surface area contributed by atoms with Gasteiger partial charge in [-0.1, -0.05) is 0 Å². The minimum absolute atomic E-state index is 0.0161. The Balaban J connectivity index is 1.91. The normalized spacial score (nSPS) is 13.8. The zero-order valence-corrected chi connectivity index (χ0v) is 10.6. The van der Waals surface area contributed by atoms with Crippen LogP contribution in [0.15, 0.2) is 6.07 Å². The first kappa shape index (κ1) is 12.1. The minimum Gasteiger partial charge on any atom is -0.351 e. The summed E-state index contributed by atoms with van der Waals surface area (Å²) in [6.45, 7) is 0.592. The van der Waals surface area contributed by atoms with Crippen molar-refractivity contribution < 1.29 is 4.79 Å². The van der Waals surface area contributed by atoms with Crippen LogP contribution in [0.2, 0.25) is 0 Å². The minimum atomic E-state index is 0.0161. The lowest BCUT2D eigenvalue weighted by Crippen LogP contribution is -2.23. The Bertz CT molecular complexity index is 421. The van der Waals surface area contributed by atoms with Crippen molar-refractivity contribution in [1.29, 1.82) is 5.26 Å². The highest BCUT2D eigenvalue weighted by Crippen LogP contribution is 2.29. The van der Waals surface area contributed by atoms with Crippen LogP contribution >= 0.6 is 11.3 Å². The second-order valence-electron chi connectivity index (χ2n) is 4.28. The van der Waals surface area contributed by atoms with Gasteiger partial charge in [-0.2, -0.15) is 5.26 Å². The lowest BCUT2D eigenvalue weighted by Gasteiger charge is -2.08. The van der Waals surface area contributed by atoms with Crippen LogP contribution in [0.4, 0.5) is 0 Å². The van der Waals surface area contributed by atoms with E-state index in [9.17, 15) is 4.79 Å². The van der Waals surface area contributed by atoms with Gasteiger partial charge in [0.25, 0.3) is 5.91 Å². The van der Waals surface area contributed by atoms with Crippen LogP contribution in [0.1, 0.15) is 45.8 Å². The quantitative estimate of drug-likeness (QED) is 0.833. The number of amides is 1. The molecule has 1 aliphatic carbocycles. The molecule has 90 valence electrons. The number of carbonyl (C=O) groups is 1. The Morgan fingerprint density at radius 2 is 2.29 bits per heavy atom. The fourth-order valence-corrected chi connectivity index (χ4v) is 3.23. The van der Waals surface area contributed by atoms with Gasteiger partial charge in [-0.15, -0.1) is 11.3 Å². The summed E-state index contributed by atoms with van der Waals surface area (Å²) in [7, 11) is 0. The molecule has 0 saturated heterocycles. The number of unbranched alkanes of at least 4 members (excludes halogenated alkanes) is 1. The standard InChI is InChI=1S/C13H16N2OS/c14-7-3-4-8-15-13(16)12-9-10-5-1-2-6-11(10)17-12/h9H,1-6,8H2,(H,15,16). The Kier molecular flexibility index (Phi) is 4.16. The molecular formula is C13H16N2OS. The summed E-state index contributed by atoms with van der Waals surface area (Å²) in [5.41, 5.74) is 1.36. The van der Waals surface area contributed by atoms with Crippen LogP contribution in [0.5, 0.6) is 0 Å². The van der Waals surface area contributed by atoms with Crippen LogP contribution in [0.3, 0.4) is 0 Å². The molecule has 1 aromatic heterocycles. The average Bonchev–Trinajstić information content (AvgIpc) is 2.78. The van der Waals surface area contributed by atoms with E-state index in [1.54, 1.807) is 11.3 Å². The van der Waals surface area contributed by atoms with Gasteiger partial charge < -0.3 is 5.32 Å². The van der Waals surface area contributed by atoms with Crippen LogP contribution < -0.4 is 5.32 Å². The molecule has 3 nitrogen and oxygen atoms in total. The van der Waals surface area contributed by atoms with E-state index in [2.05, 4.69) is 11.4 Å². The summed E-state index contributed by atoms with van der Waals surface area (Å²) in [4.78, 5) is 14.1. The predicted molar refractivity (Wildman–Crippen MR) is 68.1 cm³/mol. The third kappa shape index (κ3) is 3.07. The number of aryl methyl sites for hydroxylation is 2. The van der Waals surface area contributed by atoms with Crippen LogP contribution in [-0.4, -0.2) is 12.5 Å². The molecule has 17 heavy (non-hydrogen) atoms. The molecule has 1 aromatic rings. The first-order chi connectivity index (χ1) is 8.31. The molecule has 0 unspecified atom stereocenters. The number of hydrogen-bond acceptors (Lipinski definition) is 3. The summed E-state index contributed by atoms with van der Waals surface area (Å²) < 4.78 is 0. The van der Waals surface area contributed by atoms with Crippen molar-refractivity contribution >= 4 is 17.2 Å². The number of nitriles is 1. The molecule has 0 atom stereocenters. The van der Waals surface area contributed by atoms with Crippen molar-refractivity contribution in [2.24, 2.45) is 0 Å². The molecule has 0 bridgehead atoms. The molecule has 4 heteroatoms. The highest BCUT2D eigenvalue weighted by atomic mass is 32.1. The van der Waals surface area contributed by atoms with Crippen molar-refractivity contribution in [1.82, 2.24) is 5.32 Å². The number of hydrogen-bond donors (Lipinski definition) is 1. The van der Waals surface area contributed by atoms with Crippen LogP contribution in [0.25, 0.3) is 0 Å². The smallest absolute Gasteiger partial charge is 0.261 e. The third-order valence-corrected chi connectivity index (χ3v) is 4.21. The maximum Gasteiger partial charge on any atom is 0.261 e. The summed E-state index contributed by atoms with van der Waals surface area (Å²) in [6, 6.07) is 4.11. The van der Waals surface area contributed by atoms with Gasteiger partial charge in [-0.3, -0.25) is 4.79 Å². The Hall–Kier alpha value is -1.34. The topological polar surface area (TPSA) is 52.9 Å². The van der Waals surface area contributed by atoms with Crippen LogP contribution in [-0.2, 0) is 12.8 Å². The van der Waals surface area contributed by atoms with E-state index in [-0.39, 0.29) is 5.91 Å². The molecule has 0 spiro atoms. The van der Waals surface area contributed by atoms with Crippen molar-refractivity contribution in [3.8, 4) is 6.07 Å². The highest BCUT2D eigenvalue weighted by Gasteiger charge is 2.16. The van der Waals surface area contributed by atoms with Gasteiger partial charge in [0.05, 0.1) is 10.9 Å². The van der Waals surface area contributed by atoms with Crippen molar-refractivity contribution in [2.45, 2.75) is 38.5 Å². The first-order valence-electron chi connectivity index (χ1n) is 6.08. The predicted octanol–water partition coefficient (Wildman–Crippen LogP) is 2.66. The molecular weight excluding hydrogens is 232 g/mol. The van der Waals surface area contributed by atoms with Gasteiger partial charge in [0.2, 0.25) is 0 Å². The van der Waals surface area contributed by atoms with E-state index < -0.39 is 0 Å². The number of nitrogens with zero attached hydrogens (tertiary/aromatic N) is 1. The maximum atomic E-state index is 11.8. The molecule has 1 heterocycles. The highest BCUT2D eigenvalue weighted by molar-refractivity contribution is 7.14. The zero-order valence-electron chi connectivity index (χ0n) is 9.79. The maximum absolute atomic E-state index is 11.8. The van der Waals surface area contributed by atoms with Gasteiger partial charge >= 0.3 is 0 Å². The molecule has 1 N–H and O–H groups in total. The van der Waals surface area contributed by atoms with Crippen LogP contribution in [0, 0.1) is 11.3 Å². The largest absolute Gasteiger partial charge is 0.351 e. The summed E-state index contributed by atoms with van der Waals surface area (Å²) in [5.74, 6) is 0.0161. The third-order valence-electron chi connectivity index (χ3n) is 2.97. The number of thiophene rings is 1. The number of carbonyl (C=O) groups excluding carboxylic acids is 1. The number of rotatable bonds is 4. The lowest BCUT2D eigenvalue weighted by atomic mass is 9.99. The average molecular weight is 248 g/mol. The van der Waals surface area contributed by atoms with Gasteiger partial charge in [0, 0.05) is 17.8 Å². The van der Waals surface area contributed by atoms with E-state index in [1.165, 1.54) is 23.3 Å². The summed E-state index contributed by atoms with van der Waals surface area (Å²) in [6.07, 6.45) is 5.97. The molecule has 0 aliphatic heterocycles. The first-order valence-corrected chi connectivity index (χ1v) is 6.89. The summed E-state index contributed by atoms with van der Waals surface area (Å²) >= 11 is 1.63. The van der Waals surface area contributed by atoms with Gasteiger partial charge in [0.15, 0.2) is 0 Å². The lowest BCUT2D eigenvalue weighted by molar-refractivity contribution is 0.0957. The molecule has 0 radical (unpaired) electrons. The van der Waals surface area contributed by atoms with E-state index in [1.807, 2.05) is 6.07 Å². The van der Waals surface area contributed by atoms with Crippen molar-refractivity contribution in [2.75, 3.05) is 6.54 Å². The SMILES string of the molecule is N#CCCCNC(=O)c1cc2c(s1)CCCC2. The van der Waals surface area contributed by atoms with E-state index in [0.29, 0.717) is 13.0 Å². The van der Waals surface area contributed by atoms with E-state index >= 15 is 0 Å². The molecule has 0 aromatic carbocycles. The fourth-order valence-electron chi connectivity index (χ4n) is 2.06. The number of fused-ring (bicyclic) bond motifs is 1. The van der Waals surface area contributed by atoms with Crippen molar-refractivity contribution in [3.05, 3.63) is 21.4 Å².